The molecule has 0 aliphatic carbocycles. The molecule has 4 aromatic rings. The van der Waals surface area contributed by atoms with Crippen molar-refractivity contribution >= 4 is 33.2 Å². The van der Waals surface area contributed by atoms with E-state index in [4.69, 9.17) is 25.8 Å². The van der Waals surface area contributed by atoms with Gasteiger partial charge in [0.05, 0.1) is 21.6 Å². The van der Waals surface area contributed by atoms with E-state index >= 15 is 0 Å². The summed E-state index contributed by atoms with van der Waals surface area (Å²) in [6.07, 6.45) is 1.37. The SMILES string of the molecule is Cc1nc(-c2cc(Cl)cc3c2O[C@@H](c2onc4c2CNCC4)C3)c2sccc2n1. The number of benzene rings is 1. The minimum atomic E-state index is -0.208. The molecule has 8 heteroatoms. The average Bonchev–Trinajstić information content (AvgIpc) is 3.43. The molecule has 6 rings (SSSR count). The quantitative estimate of drug-likeness (QED) is 0.505. The van der Waals surface area contributed by atoms with Gasteiger partial charge in [-0.2, -0.15) is 0 Å². The summed E-state index contributed by atoms with van der Waals surface area (Å²) in [5.41, 5.74) is 5.93. The maximum atomic E-state index is 6.49. The van der Waals surface area contributed by atoms with Crippen molar-refractivity contribution in [2.24, 2.45) is 0 Å². The van der Waals surface area contributed by atoms with Crippen molar-refractivity contribution in [3.8, 4) is 17.0 Å². The Bertz CT molecular complexity index is 1270. The summed E-state index contributed by atoms with van der Waals surface area (Å²) in [4.78, 5) is 9.27. The third kappa shape index (κ3) is 2.76. The van der Waals surface area contributed by atoms with Crippen molar-refractivity contribution < 1.29 is 9.26 Å². The highest BCUT2D eigenvalue weighted by Gasteiger charge is 2.34. The number of hydrogen-bond donors (Lipinski definition) is 1. The average molecular weight is 425 g/mol. The van der Waals surface area contributed by atoms with Gasteiger partial charge in [0.2, 0.25) is 0 Å². The van der Waals surface area contributed by atoms with Crippen LogP contribution >= 0.6 is 22.9 Å². The number of thiophene rings is 1. The molecule has 1 N–H and O–H groups in total. The predicted octanol–water partition coefficient (Wildman–Crippen LogP) is 4.63. The third-order valence-electron chi connectivity index (χ3n) is 5.50. The normalized spacial score (nSPS) is 17.9. The van der Waals surface area contributed by atoms with Gasteiger partial charge in [-0.3, -0.25) is 0 Å². The molecule has 0 amide bonds. The van der Waals surface area contributed by atoms with Crippen LogP contribution in [0, 0.1) is 6.92 Å². The molecule has 2 aliphatic rings. The molecule has 0 radical (unpaired) electrons. The molecule has 0 saturated carbocycles. The topological polar surface area (TPSA) is 73.1 Å². The van der Waals surface area contributed by atoms with Gasteiger partial charge in [0, 0.05) is 47.6 Å². The Morgan fingerprint density at radius 1 is 1.28 bits per heavy atom. The molecule has 1 aromatic carbocycles. The van der Waals surface area contributed by atoms with Gasteiger partial charge < -0.3 is 14.6 Å². The molecule has 29 heavy (non-hydrogen) atoms. The minimum Gasteiger partial charge on any atom is -0.481 e. The second kappa shape index (κ2) is 6.52. The molecule has 1 atom stereocenters. The first-order valence-electron chi connectivity index (χ1n) is 9.56. The van der Waals surface area contributed by atoms with E-state index in [0.29, 0.717) is 11.4 Å². The van der Waals surface area contributed by atoms with Crippen LogP contribution in [0.3, 0.4) is 0 Å². The summed E-state index contributed by atoms with van der Waals surface area (Å²) in [5.74, 6) is 2.36. The first-order chi connectivity index (χ1) is 14.2. The lowest BCUT2D eigenvalue weighted by molar-refractivity contribution is 0.189. The lowest BCUT2D eigenvalue weighted by Gasteiger charge is -2.15. The Morgan fingerprint density at radius 2 is 2.21 bits per heavy atom. The van der Waals surface area contributed by atoms with Crippen molar-refractivity contribution in [2.75, 3.05) is 6.54 Å². The van der Waals surface area contributed by atoms with Crippen LogP contribution < -0.4 is 10.1 Å². The van der Waals surface area contributed by atoms with Crippen molar-refractivity contribution in [1.82, 2.24) is 20.4 Å². The largest absolute Gasteiger partial charge is 0.481 e. The highest BCUT2D eigenvalue weighted by molar-refractivity contribution is 7.17. The Morgan fingerprint density at radius 3 is 3.14 bits per heavy atom. The first kappa shape index (κ1) is 17.4. The first-order valence-corrected chi connectivity index (χ1v) is 10.8. The predicted molar refractivity (Wildman–Crippen MR) is 112 cm³/mol. The monoisotopic (exact) mass is 424 g/mol. The standard InChI is InChI=1S/C21H17ClN4O2S/c1-10-24-16-3-5-29-21(16)18(25-10)13-8-12(22)6-11-7-17(27-19(11)13)20-14-9-23-4-2-15(14)26-28-20/h3,5-6,8,17,23H,2,4,7,9H2,1H3/t17-/m1/s1. The van der Waals surface area contributed by atoms with Crippen LogP contribution in [0.4, 0.5) is 0 Å². The van der Waals surface area contributed by atoms with Crippen LogP contribution in [-0.4, -0.2) is 21.7 Å². The Hall–Kier alpha value is -2.48. The van der Waals surface area contributed by atoms with Gasteiger partial charge in [0.1, 0.15) is 11.6 Å². The lowest BCUT2D eigenvalue weighted by Crippen LogP contribution is -2.24. The van der Waals surface area contributed by atoms with Crippen molar-refractivity contribution in [2.45, 2.75) is 32.4 Å². The van der Waals surface area contributed by atoms with E-state index in [1.165, 1.54) is 0 Å². The number of fused-ring (bicyclic) bond motifs is 3. The zero-order valence-electron chi connectivity index (χ0n) is 15.7. The van der Waals surface area contributed by atoms with Crippen LogP contribution in [0.5, 0.6) is 5.75 Å². The van der Waals surface area contributed by atoms with Gasteiger partial charge in [-0.25, -0.2) is 9.97 Å². The number of aryl methyl sites for hydroxylation is 1. The summed E-state index contributed by atoms with van der Waals surface area (Å²) < 4.78 is 13.2. The number of nitrogens with one attached hydrogen (secondary N) is 1. The lowest BCUT2D eigenvalue weighted by atomic mass is 10.0. The van der Waals surface area contributed by atoms with Crippen molar-refractivity contribution in [1.29, 1.82) is 0 Å². The minimum absolute atomic E-state index is 0.208. The zero-order chi connectivity index (χ0) is 19.5. The third-order valence-corrected chi connectivity index (χ3v) is 6.63. The molecule has 0 spiro atoms. The molecular weight excluding hydrogens is 408 g/mol. The molecule has 5 heterocycles. The van der Waals surface area contributed by atoms with E-state index < -0.39 is 0 Å². The molecule has 146 valence electrons. The summed E-state index contributed by atoms with van der Waals surface area (Å²) >= 11 is 8.12. The van der Waals surface area contributed by atoms with Crippen molar-refractivity contribution in [3.05, 3.63) is 57.0 Å². The second-order valence-electron chi connectivity index (χ2n) is 7.41. The van der Waals surface area contributed by atoms with Gasteiger partial charge >= 0.3 is 0 Å². The van der Waals surface area contributed by atoms with Crippen molar-refractivity contribution in [3.63, 3.8) is 0 Å². The van der Waals surface area contributed by atoms with E-state index in [9.17, 15) is 0 Å². The van der Waals surface area contributed by atoms with Crippen LogP contribution in [0.2, 0.25) is 5.02 Å². The van der Waals surface area contributed by atoms with Gasteiger partial charge in [0.15, 0.2) is 11.9 Å². The van der Waals surface area contributed by atoms with Crippen LogP contribution in [0.15, 0.2) is 28.1 Å². The van der Waals surface area contributed by atoms with E-state index in [2.05, 4.69) is 15.5 Å². The maximum Gasteiger partial charge on any atom is 0.182 e. The van der Waals surface area contributed by atoms with Crippen LogP contribution in [0.1, 0.15) is 34.5 Å². The molecule has 0 saturated heterocycles. The fraction of sp³-hybridized carbons (Fsp3) is 0.286. The Labute approximate surface area is 175 Å². The Kier molecular flexibility index (Phi) is 3.91. The zero-order valence-corrected chi connectivity index (χ0v) is 17.2. The molecule has 0 unspecified atom stereocenters. The van der Waals surface area contributed by atoms with E-state index in [1.807, 2.05) is 30.5 Å². The van der Waals surface area contributed by atoms with E-state index in [-0.39, 0.29) is 6.10 Å². The van der Waals surface area contributed by atoms with Gasteiger partial charge in [-0.1, -0.05) is 16.8 Å². The number of nitrogens with zero attached hydrogens (tertiary/aromatic N) is 3. The fourth-order valence-electron chi connectivity index (χ4n) is 4.22. The van der Waals surface area contributed by atoms with E-state index in [1.54, 1.807) is 11.3 Å². The molecule has 6 nitrogen and oxygen atoms in total. The molecule has 0 fully saturated rings. The summed E-state index contributed by atoms with van der Waals surface area (Å²) in [6, 6.07) is 5.92. The number of hydrogen-bond acceptors (Lipinski definition) is 7. The van der Waals surface area contributed by atoms with Gasteiger partial charge in [0.25, 0.3) is 0 Å². The molecule has 2 aliphatic heterocycles. The molecule has 0 bridgehead atoms. The summed E-state index contributed by atoms with van der Waals surface area (Å²) in [7, 11) is 0. The van der Waals surface area contributed by atoms with Crippen LogP contribution in [-0.2, 0) is 19.4 Å². The molecular formula is C21H17ClN4O2S. The number of rotatable bonds is 2. The number of aromatic nitrogens is 3. The highest BCUT2D eigenvalue weighted by atomic mass is 35.5. The van der Waals surface area contributed by atoms with Gasteiger partial charge in [-0.15, -0.1) is 11.3 Å². The number of halogens is 1. The fourth-order valence-corrected chi connectivity index (χ4v) is 5.30. The molecule has 3 aromatic heterocycles. The Balaban J connectivity index is 1.47. The summed E-state index contributed by atoms with van der Waals surface area (Å²) in [5, 5.41) is 10.4. The smallest absolute Gasteiger partial charge is 0.182 e. The van der Waals surface area contributed by atoms with E-state index in [0.717, 1.165) is 75.1 Å². The highest BCUT2D eigenvalue weighted by Crippen LogP contribution is 2.47. The second-order valence-corrected chi connectivity index (χ2v) is 8.76. The number of ether oxygens (including phenoxy) is 1. The summed E-state index contributed by atoms with van der Waals surface area (Å²) in [6.45, 7) is 3.59. The maximum absolute atomic E-state index is 6.49. The van der Waals surface area contributed by atoms with Gasteiger partial charge in [-0.05, 0) is 30.5 Å². The van der Waals surface area contributed by atoms with Crippen LogP contribution in [0.25, 0.3) is 21.5 Å².